The van der Waals surface area contributed by atoms with Crippen LogP contribution in [0.25, 0.3) is 0 Å². The second kappa shape index (κ2) is 26.3. The SMILES string of the molecule is CN(C)c1ccc(N=Nc2ccccn2)cc1.COc1ccc(N=Nc2cc[n+](CCCCCCBr)cc2)cc1.Cc1ccc(N=Nc2ccncc2)cc1.[Br-]. The second-order valence-corrected chi connectivity index (χ2v) is 13.1. The first kappa shape index (κ1) is 44.9. The van der Waals surface area contributed by atoms with Crippen molar-refractivity contribution in [1.29, 1.82) is 0 Å². The number of anilines is 1. The summed E-state index contributed by atoms with van der Waals surface area (Å²) in [4.78, 5) is 10.0. The molecule has 56 heavy (non-hydrogen) atoms. The van der Waals surface area contributed by atoms with Gasteiger partial charge in [0.15, 0.2) is 18.2 Å². The van der Waals surface area contributed by atoms with Gasteiger partial charge in [-0.2, -0.15) is 20.5 Å². The fourth-order valence-corrected chi connectivity index (χ4v) is 5.05. The Bertz CT molecular complexity index is 2010. The number of unbranched alkanes of at least 4 members (excludes halogenated alkanes) is 3. The van der Waals surface area contributed by atoms with Gasteiger partial charge in [0.05, 0.1) is 35.5 Å². The largest absolute Gasteiger partial charge is 1.00 e. The minimum absolute atomic E-state index is 0. The highest BCUT2D eigenvalue weighted by molar-refractivity contribution is 9.09. The minimum atomic E-state index is 0. The molecule has 3 heterocycles. The van der Waals surface area contributed by atoms with Crippen molar-refractivity contribution < 1.29 is 26.3 Å². The maximum absolute atomic E-state index is 5.12. The monoisotopic (exact) mass is 878 g/mol. The molecule has 0 fully saturated rings. The van der Waals surface area contributed by atoms with Crippen molar-refractivity contribution in [3.8, 4) is 5.75 Å². The summed E-state index contributed by atoms with van der Waals surface area (Å²) in [6.07, 6.45) is 14.3. The van der Waals surface area contributed by atoms with Crippen LogP contribution in [0.4, 0.5) is 39.9 Å². The summed E-state index contributed by atoms with van der Waals surface area (Å²) in [5.74, 6) is 1.44. The van der Waals surface area contributed by atoms with E-state index in [4.69, 9.17) is 4.74 Å². The van der Waals surface area contributed by atoms with Crippen molar-refractivity contribution in [3.05, 3.63) is 152 Å². The van der Waals surface area contributed by atoms with E-state index in [1.807, 2.05) is 141 Å². The molecule has 13 heteroatoms. The molecule has 0 unspecified atom stereocenters. The van der Waals surface area contributed by atoms with Gasteiger partial charge in [-0.25, -0.2) is 9.55 Å². The Hall–Kier alpha value is -5.53. The number of methoxy groups -OCH3 is 1. The fraction of sp³-hybridized carbons (Fsp3) is 0.233. The van der Waals surface area contributed by atoms with Gasteiger partial charge in [-0.05, 0) is 105 Å². The van der Waals surface area contributed by atoms with Crippen LogP contribution in [0.5, 0.6) is 5.75 Å². The smallest absolute Gasteiger partial charge is 0.174 e. The molecular formula is C43H48Br2N10O. The zero-order valence-corrected chi connectivity index (χ0v) is 35.4. The second-order valence-electron chi connectivity index (χ2n) is 12.3. The number of ether oxygens (including phenoxy) is 1. The van der Waals surface area contributed by atoms with E-state index in [9.17, 15) is 0 Å². The topological polar surface area (TPSA) is 116 Å². The van der Waals surface area contributed by atoms with Crippen molar-refractivity contribution in [2.45, 2.75) is 39.2 Å². The Balaban J connectivity index is 0.000000229. The summed E-state index contributed by atoms with van der Waals surface area (Å²) in [7, 11) is 5.66. The molecule has 6 rings (SSSR count). The molecule has 0 saturated heterocycles. The first-order valence-electron chi connectivity index (χ1n) is 18.0. The lowest BCUT2D eigenvalue weighted by Crippen LogP contribution is -3.00. The highest BCUT2D eigenvalue weighted by atomic mass is 79.9. The van der Waals surface area contributed by atoms with Gasteiger partial charge in [0.25, 0.3) is 0 Å². The number of benzene rings is 3. The predicted molar refractivity (Wildman–Crippen MR) is 225 cm³/mol. The third-order valence-corrected chi connectivity index (χ3v) is 8.35. The normalized spacial score (nSPS) is 10.7. The van der Waals surface area contributed by atoms with Gasteiger partial charge < -0.3 is 26.6 Å². The number of hydrogen-bond donors (Lipinski definition) is 0. The third-order valence-electron chi connectivity index (χ3n) is 7.79. The molecule has 0 spiro atoms. The molecule has 0 saturated carbocycles. The Morgan fingerprint density at radius 2 is 1.11 bits per heavy atom. The van der Waals surface area contributed by atoms with Crippen LogP contribution in [0.15, 0.2) is 177 Å². The molecule has 0 bridgehead atoms. The predicted octanol–water partition coefficient (Wildman–Crippen LogP) is 9.73. The van der Waals surface area contributed by atoms with Gasteiger partial charge >= 0.3 is 0 Å². The molecule has 3 aromatic carbocycles. The van der Waals surface area contributed by atoms with Gasteiger partial charge in [0.1, 0.15) is 12.3 Å². The van der Waals surface area contributed by atoms with E-state index >= 15 is 0 Å². The fourth-order valence-electron chi connectivity index (χ4n) is 4.65. The van der Waals surface area contributed by atoms with Crippen LogP contribution in [0, 0.1) is 6.92 Å². The Morgan fingerprint density at radius 3 is 1.64 bits per heavy atom. The zero-order valence-electron chi connectivity index (χ0n) is 32.2. The van der Waals surface area contributed by atoms with E-state index in [2.05, 4.69) is 73.5 Å². The van der Waals surface area contributed by atoms with Gasteiger partial charge in [-0.1, -0.05) is 46.1 Å². The first-order chi connectivity index (χ1) is 26.9. The number of aromatic nitrogens is 3. The Kier molecular flexibility index (Phi) is 21.1. The van der Waals surface area contributed by atoms with Crippen LogP contribution >= 0.6 is 15.9 Å². The standard InChI is InChI=1S/C18H23BrN3O.C13H14N4.C12H11N3.BrH/c1-23-18-8-6-16(7-9-18)20-21-17-10-14-22(15-11-17)13-5-3-2-4-12-19;1-17(2)12-8-6-11(7-9-12)15-16-13-5-3-4-10-14-13;1-10-2-4-11(5-3-10)14-15-12-6-8-13-9-7-12;/h6-11,14-15H,2-5,12-13H2,1H3;3-10H,1-2H3;2-9H,1H3;1H/q+1;;;/p-1. The number of rotatable bonds is 14. The van der Waals surface area contributed by atoms with E-state index in [-0.39, 0.29) is 17.0 Å². The van der Waals surface area contributed by atoms with E-state index in [0.717, 1.165) is 51.7 Å². The van der Waals surface area contributed by atoms with Gasteiger partial charge in [-0.15, -0.1) is 10.2 Å². The van der Waals surface area contributed by atoms with Crippen LogP contribution in [-0.2, 0) is 6.54 Å². The summed E-state index contributed by atoms with van der Waals surface area (Å²) in [6.45, 7) is 3.10. The van der Waals surface area contributed by atoms with Crippen molar-refractivity contribution in [3.63, 3.8) is 0 Å². The third kappa shape index (κ3) is 17.7. The number of aryl methyl sites for hydroxylation is 2. The number of hydrogen-bond acceptors (Lipinski definition) is 10. The Labute approximate surface area is 349 Å². The van der Waals surface area contributed by atoms with Crippen molar-refractivity contribution in [2.24, 2.45) is 30.7 Å². The maximum atomic E-state index is 5.12. The lowest BCUT2D eigenvalue weighted by atomic mass is 10.2. The molecule has 0 N–H and O–H groups in total. The highest BCUT2D eigenvalue weighted by Crippen LogP contribution is 2.22. The van der Waals surface area contributed by atoms with E-state index < -0.39 is 0 Å². The molecule has 290 valence electrons. The van der Waals surface area contributed by atoms with E-state index in [0.29, 0.717) is 5.82 Å². The average Bonchev–Trinajstić information content (AvgIpc) is 3.24. The lowest BCUT2D eigenvalue weighted by Gasteiger charge is -2.11. The Morgan fingerprint density at radius 1 is 0.589 bits per heavy atom. The molecule has 3 aromatic heterocycles. The van der Waals surface area contributed by atoms with Crippen molar-refractivity contribution in [1.82, 2.24) is 9.97 Å². The molecule has 0 aliphatic rings. The summed E-state index contributed by atoms with van der Waals surface area (Å²) in [6, 6.07) is 36.5. The van der Waals surface area contributed by atoms with Crippen molar-refractivity contribution in [2.75, 3.05) is 31.4 Å². The van der Waals surface area contributed by atoms with Crippen LogP contribution in [-0.4, -0.2) is 36.5 Å². The van der Waals surface area contributed by atoms with Crippen LogP contribution in [0.2, 0.25) is 0 Å². The van der Waals surface area contributed by atoms with Crippen LogP contribution in [0.3, 0.4) is 0 Å². The van der Waals surface area contributed by atoms with Crippen LogP contribution < -0.4 is 31.2 Å². The molecule has 0 aliphatic carbocycles. The molecule has 0 amide bonds. The number of alkyl halides is 1. The number of pyridine rings is 3. The molecule has 0 radical (unpaired) electrons. The summed E-state index contributed by atoms with van der Waals surface area (Å²) >= 11 is 3.46. The van der Waals surface area contributed by atoms with Gasteiger partial charge in [0, 0.05) is 62.3 Å². The molecule has 6 aromatic rings. The number of halogens is 2. The highest BCUT2D eigenvalue weighted by Gasteiger charge is 2.01. The lowest BCUT2D eigenvalue weighted by molar-refractivity contribution is -0.697. The first-order valence-corrected chi connectivity index (χ1v) is 19.1. The molecular weight excluding hydrogens is 832 g/mol. The van der Waals surface area contributed by atoms with E-state index in [1.165, 1.54) is 31.2 Å². The minimum Gasteiger partial charge on any atom is -1.00 e. The maximum Gasteiger partial charge on any atom is 0.174 e. The average molecular weight is 881 g/mol. The van der Waals surface area contributed by atoms with Gasteiger partial charge in [-0.3, -0.25) is 4.98 Å². The van der Waals surface area contributed by atoms with Crippen LogP contribution in [0.1, 0.15) is 31.2 Å². The number of nitrogens with zero attached hydrogens (tertiary/aromatic N) is 10. The summed E-state index contributed by atoms with van der Waals surface area (Å²) < 4.78 is 7.32. The van der Waals surface area contributed by atoms with E-state index in [1.54, 1.807) is 25.7 Å². The quantitative estimate of drug-likeness (QED) is 0.0469. The number of azo groups is 3. The molecule has 0 atom stereocenters. The molecule has 11 nitrogen and oxygen atoms in total. The zero-order chi connectivity index (χ0) is 38.9. The summed E-state index contributed by atoms with van der Waals surface area (Å²) in [5, 5.41) is 26.0. The summed E-state index contributed by atoms with van der Waals surface area (Å²) in [5.41, 5.74) is 6.52. The van der Waals surface area contributed by atoms with Gasteiger partial charge in [0.2, 0.25) is 0 Å². The van der Waals surface area contributed by atoms with Crippen molar-refractivity contribution >= 4 is 55.9 Å². The molecule has 0 aliphatic heterocycles.